The number of amides is 2. The zero-order valence-corrected chi connectivity index (χ0v) is 14.1. The van der Waals surface area contributed by atoms with Gasteiger partial charge in [-0.25, -0.2) is 4.98 Å². The third-order valence-electron chi connectivity index (χ3n) is 4.09. The van der Waals surface area contributed by atoms with Crippen LogP contribution in [0.25, 0.3) is 0 Å². The minimum absolute atomic E-state index is 0.274. The van der Waals surface area contributed by atoms with E-state index in [1.165, 1.54) is 9.80 Å². The molecule has 2 aliphatic rings. The number of ether oxygens (including phenoxy) is 1. The number of anilines is 1. The number of piperazine rings is 1. The second kappa shape index (κ2) is 7.16. The number of thiazole rings is 1. The van der Waals surface area contributed by atoms with Crippen LogP contribution in [0, 0.1) is 0 Å². The SMILES string of the molecule is O=C(C(=O)N1CCN(c2ncc(C(F)(F)F)s2)CC1)N1CCOCC1. The van der Waals surface area contributed by atoms with E-state index in [1.54, 1.807) is 4.90 Å². The molecule has 0 N–H and O–H groups in total. The van der Waals surface area contributed by atoms with E-state index in [1.807, 2.05) is 0 Å². The highest BCUT2D eigenvalue weighted by Crippen LogP contribution is 2.36. The third-order valence-corrected chi connectivity index (χ3v) is 5.19. The normalized spacial score (nSPS) is 19.2. The molecule has 0 aliphatic carbocycles. The van der Waals surface area contributed by atoms with Crippen LogP contribution in [0.3, 0.4) is 0 Å². The van der Waals surface area contributed by atoms with Gasteiger partial charge in [-0.2, -0.15) is 13.2 Å². The molecule has 1 aromatic heterocycles. The van der Waals surface area contributed by atoms with Crippen LogP contribution in [0.4, 0.5) is 18.3 Å². The van der Waals surface area contributed by atoms with E-state index in [0.29, 0.717) is 50.7 Å². The van der Waals surface area contributed by atoms with Gasteiger partial charge in [-0.05, 0) is 0 Å². The molecule has 25 heavy (non-hydrogen) atoms. The lowest BCUT2D eigenvalue weighted by Gasteiger charge is -2.35. The second-order valence-corrected chi connectivity index (χ2v) is 6.70. The molecule has 0 aromatic carbocycles. The molecule has 2 saturated heterocycles. The average molecular weight is 378 g/mol. The first kappa shape index (κ1) is 17.9. The zero-order valence-electron chi connectivity index (χ0n) is 13.3. The number of aromatic nitrogens is 1. The van der Waals surface area contributed by atoms with Gasteiger partial charge in [0.2, 0.25) is 0 Å². The Morgan fingerprint density at radius 3 is 2.08 bits per heavy atom. The Morgan fingerprint density at radius 2 is 1.56 bits per heavy atom. The molecule has 0 unspecified atom stereocenters. The van der Waals surface area contributed by atoms with Crippen LogP contribution >= 0.6 is 11.3 Å². The lowest BCUT2D eigenvalue weighted by Crippen LogP contribution is -2.54. The fourth-order valence-corrected chi connectivity index (χ4v) is 3.51. The summed E-state index contributed by atoms with van der Waals surface area (Å²) in [5, 5.41) is 0.277. The average Bonchev–Trinajstić information content (AvgIpc) is 3.12. The number of morpholine rings is 1. The molecular weight excluding hydrogens is 361 g/mol. The number of hydrogen-bond donors (Lipinski definition) is 0. The number of rotatable bonds is 1. The first-order chi connectivity index (χ1) is 11.9. The fourth-order valence-electron chi connectivity index (χ4n) is 2.68. The second-order valence-electron chi connectivity index (χ2n) is 5.69. The van der Waals surface area contributed by atoms with Gasteiger partial charge in [0.1, 0.15) is 4.88 Å². The summed E-state index contributed by atoms with van der Waals surface area (Å²) in [6.45, 7) is 2.84. The quantitative estimate of drug-likeness (QED) is 0.672. The van der Waals surface area contributed by atoms with Crippen molar-refractivity contribution >= 4 is 28.3 Å². The lowest BCUT2D eigenvalue weighted by atomic mass is 10.3. The topological polar surface area (TPSA) is 66.0 Å². The van der Waals surface area contributed by atoms with Gasteiger partial charge in [-0.1, -0.05) is 11.3 Å². The molecule has 0 atom stereocenters. The molecule has 0 bridgehead atoms. The Hall–Kier alpha value is -1.88. The highest BCUT2D eigenvalue weighted by atomic mass is 32.1. The van der Waals surface area contributed by atoms with E-state index in [-0.39, 0.29) is 18.2 Å². The summed E-state index contributed by atoms with van der Waals surface area (Å²) in [6.07, 6.45) is -3.59. The van der Waals surface area contributed by atoms with Crippen molar-refractivity contribution in [1.29, 1.82) is 0 Å². The summed E-state index contributed by atoms with van der Waals surface area (Å²) >= 11 is 0.582. The molecule has 11 heteroatoms. The number of nitrogens with zero attached hydrogens (tertiary/aromatic N) is 4. The molecule has 2 aliphatic heterocycles. The summed E-state index contributed by atoms with van der Waals surface area (Å²) in [5.74, 6) is -1.12. The van der Waals surface area contributed by atoms with Crippen molar-refractivity contribution in [2.45, 2.75) is 6.18 Å². The Balaban J connectivity index is 1.55. The van der Waals surface area contributed by atoms with Gasteiger partial charge in [0.05, 0.1) is 19.4 Å². The van der Waals surface area contributed by atoms with Crippen molar-refractivity contribution < 1.29 is 27.5 Å². The molecule has 0 saturated carbocycles. The number of hydrogen-bond acceptors (Lipinski definition) is 6. The minimum Gasteiger partial charge on any atom is -0.378 e. The Kier molecular flexibility index (Phi) is 5.13. The van der Waals surface area contributed by atoms with Crippen molar-refractivity contribution in [3.63, 3.8) is 0 Å². The van der Waals surface area contributed by atoms with Crippen molar-refractivity contribution in [2.24, 2.45) is 0 Å². The molecule has 138 valence electrons. The predicted octanol–water partition coefficient (Wildman–Crippen LogP) is 0.669. The summed E-state index contributed by atoms with van der Waals surface area (Å²) in [5.41, 5.74) is 0. The highest BCUT2D eigenvalue weighted by Gasteiger charge is 2.35. The van der Waals surface area contributed by atoms with Gasteiger partial charge >= 0.3 is 18.0 Å². The maximum absolute atomic E-state index is 12.6. The van der Waals surface area contributed by atoms with Crippen LogP contribution in [-0.2, 0) is 20.5 Å². The number of alkyl halides is 3. The maximum atomic E-state index is 12.6. The predicted molar refractivity (Wildman–Crippen MR) is 83.3 cm³/mol. The monoisotopic (exact) mass is 378 g/mol. The number of carbonyl (C=O) groups is 2. The van der Waals surface area contributed by atoms with Crippen LogP contribution in [0.1, 0.15) is 4.88 Å². The lowest BCUT2D eigenvalue weighted by molar-refractivity contribution is -0.154. The molecule has 2 amide bonds. The Bertz CT molecular complexity index is 638. The first-order valence-electron chi connectivity index (χ1n) is 7.80. The molecular formula is C14H17F3N4O3S. The summed E-state index contributed by atoms with van der Waals surface area (Å²) in [4.78, 5) is 32.2. The van der Waals surface area contributed by atoms with Crippen LogP contribution in [0.2, 0.25) is 0 Å². The van der Waals surface area contributed by atoms with Crippen LogP contribution in [0.15, 0.2) is 6.20 Å². The van der Waals surface area contributed by atoms with E-state index in [2.05, 4.69) is 4.98 Å². The number of halogens is 3. The summed E-state index contributed by atoms with van der Waals surface area (Å²) in [7, 11) is 0. The largest absolute Gasteiger partial charge is 0.427 e. The Labute approximate surface area is 146 Å². The van der Waals surface area contributed by atoms with E-state index >= 15 is 0 Å². The maximum Gasteiger partial charge on any atom is 0.427 e. The van der Waals surface area contributed by atoms with Gasteiger partial charge in [0.25, 0.3) is 0 Å². The number of carbonyl (C=O) groups excluding carboxylic acids is 2. The van der Waals surface area contributed by atoms with Crippen molar-refractivity contribution in [1.82, 2.24) is 14.8 Å². The van der Waals surface area contributed by atoms with Gasteiger partial charge < -0.3 is 19.4 Å². The zero-order chi connectivity index (χ0) is 18.0. The minimum atomic E-state index is -4.40. The third kappa shape index (κ3) is 4.03. The van der Waals surface area contributed by atoms with E-state index in [9.17, 15) is 22.8 Å². The molecule has 0 spiro atoms. The molecule has 3 rings (SSSR count). The highest BCUT2D eigenvalue weighted by molar-refractivity contribution is 7.15. The molecule has 3 heterocycles. The van der Waals surface area contributed by atoms with Crippen LogP contribution < -0.4 is 4.90 Å². The summed E-state index contributed by atoms with van der Waals surface area (Å²) < 4.78 is 43.1. The van der Waals surface area contributed by atoms with Crippen LogP contribution in [0.5, 0.6) is 0 Å². The van der Waals surface area contributed by atoms with E-state index < -0.39 is 22.9 Å². The molecule has 1 aromatic rings. The van der Waals surface area contributed by atoms with Gasteiger partial charge in [-0.3, -0.25) is 9.59 Å². The molecule has 0 radical (unpaired) electrons. The van der Waals surface area contributed by atoms with Gasteiger partial charge in [0.15, 0.2) is 5.13 Å². The van der Waals surface area contributed by atoms with Gasteiger partial charge in [-0.15, -0.1) is 0 Å². The fraction of sp³-hybridized carbons (Fsp3) is 0.643. The first-order valence-corrected chi connectivity index (χ1v) is 8.62. The smallest absolute Gasteiger partial charge is 0.378 e. The van der Waals surface area contributed by atoms with E-state index in [0.717, 1.165) is 6.20 Å². The standard InChI is InChI=1S/C14H17F3N4O3S/c15-14(16,17)10-9-18-13(25-10)21-3-1-19(2-4-21)11(22)12(23)20-5-7-24-8-6-20/h9H,1-8H2. The molecule has 7 nitrogen and oxygen atoms in total. The van der Waals surface area contributed by atoms with Gasteiger partial charge in [0, 0.05) is 39.3 Å². The van der Waals surface area contributed by atoms with Crippen molar-refractivity contribution in [2.75, 3.05) is 57.4 Å². The summed E-state index contributed by atoms with van der Waals surface area (Å²) in [6, 6.07) is 0. The molecule has 2 fully saturated rings. The van der Waals surface area contributed by atoms with Crippen molar-refractivity contribution in [3.8, 4) is 0 Å². The Morgan fingerprint density at radius 1 is 1.00 bits per heavy atom. The van der Waals surface area contributed by atoms with Crippen LogP contribution in [-0.4, -0.2) is 79.1 Å². The van der Waals surface area contributed by atoms with Crippen molar-refractivity contribution in [3.05, 3.63) is 11.1 Å². The van der Waals surface area contributed by atoms with E-state index in [4.69, 9.17) is 4.74 Å².